The van der Waals surface area contributed by atoms with Gasteiger partial charge in [-0.2, -0.15) is 4.98 Å². The third kappa shape index (κ3) is 2.91. The number of aromatic nitrogens is 3. The fourth-order valence-corrected chi connectivity index (χ4v) is 2.52. The molecular formula is C14H27N5. The Labute approximate surface area is 116 Å². The van der Waals surface area contributed by atoms with Crippen molar-refractivity contribution in [3.63, 3.8) is 0 Å². The van der Waals surface area contributed by atoms with Gasteiger partial charge >= 0.3 is 0 Å². The second-order valence-corrected chi connectivity index (χ2v) is 6.76. The molecule has 5 nitrogen and oxygen atoms in total. The maximum absolute atomic E-state index is 5.90. The van der Waals surface area contributed by atoms with Crippen LogP contribution in [0.25, 0.3) is 0 Å². The minimum absolute atomic E-state index is 0.0538. The largest absolute Gasteiger partial charge is 0.339 e. The van der Waals surface area contributed by atoms with Gasteiger partial charge in [0.1, 0.15) is 5.82 Å². The molecule has 1 fully saturated rings. The van der Waals surface area contributed by atoms with Crippen LogP contribution in [0.1, 0.15) is 52.8 Å². The van der Waals surface area contributed by atoms with E-state index in [1.54, 1.807) is 0 Å². The summed E-state index contributed by atoms with van der Waals surface area (Å²) in [5, 5.41) is 7.51. The van der Waals surface area contributed by atoms with Gasteiger partial charge in [0.05, 0.1) is 0 Å². The molecule has 19 heavy (non-hydrogen) atoms. The molecule has 1 atom stereocenters. The van der Waals surface area contributed by atoms with Crippen LogP contribution in [0.4, 0.5) is 5.95 Å². The van der Waals surface area contributed by atoms with Gasteiger partial charge in [0.25, 0.3) is 0 Å². The monoisotopic (exact) mass is 265 g/mol. The molecule has 0 saturated carbocycles. The Bertz CT molecular complexity index is 425. The van der Waals surface area contributed by atoms with E-state index in [2.05, 4.69) is 42.8 Å². The highest BCUT2D eigenvalue weighted by atomic mass is 15.4. The molecule has 0 bridgehead atoms. The fourth-order valence-electron chi connectivity index (χ4n) is 2.52. The number of anilines is 1. The number of nitrogens with two attached hydrogens (primary N) is 1. The van der Waals surface area contributed by atoms with Crippen molar-refractivity contribution in [2.45, 2.75) is 52.4 Å². The summed E-state index contributed by atoms with van der Waals surface area (Å²) < 4.78 is 0. The average Bonchev–Trinajstić information content (AvgIpc) is 2.89. The number of hydrogen-bond acceptors (Lipinski definition) is 4. The third-order valence-corrected chi connectivity index (χ3v) is 4.56. The molecule has 1 unspecified atom stereocenters. The minimum atomic E-state index is 0.0538. The van der Waals surface area contributed by atoms with Gasteiger partial charge < -0.3 is 10.6 Å². The van der Waals surface area contributed by atoms with Gasteiger partial charge in [0.15, 0.2) is 0 Å². The van der Waals surface area contributed by atoms with E-state index >= 15 is 0 Å². The average molecular weight is 265 g/mol. The highest BCUT2D eigenvalue weighted by molar-refractivity contribution is 5.31. The molecule has 1 aliphatic rings. The minimum Gasteiger partial charge on any atom is -0.339 e. The molecule has 108 valence electrons. The van der Waals surface area contributed by atoms with E-state index in [1.807, 2.05) is 0 Å². The summed E-state index contributed by atoms with van der Waals surface area (Å²) in [6.07, 6.45) is 3.40. The second kappa shape index (κ2) is 5.12. The summed E-state index contributed by atoms with van der Waals surface area (Å²) in [5.74, 6) is 1.81. The van der Waals surface area contributed by atoms with Crippen LogP contribution in [0.15, 0.2) is 0 Å². The van der Waals surface area contributed by atoms with Crippen molar-refractivity contribution in [1.29, 1.82) is 0 Å². The quantitative estimate of drug-likeness (QED) is 0.874. The molecule has 0 aliphatic carbocycles. The highest BCUT2D eigenvalue weighted by Gasteiger charge is 2.32. The number of hydrogen-bond donors (Lipinski definition) is 2. The van der Waals surface area contributed by atoms with Crippen LogP contribution >= 0.6 is 0 Å². The van der Waals surface area contributed by atoms with Crippen LogP contribution in [0, 0.1) is 5.41 Å². The number of aromatic amines is 1. The first kappa shape index (κ1) is 14.3. The van der Waals surface area contributed by atoms with Crippen LogP contribution in [0.2, 0.25) is 0 Å². The Morgan fingerprint density at radius 2 is 2.21 bits per heavy atom. The highest BCUT2D eigenvalue weighted by Crippen LogP contribution is 2.31. The first-order valence-electron chi connectivity index (χ1n) is 7.28. The Kier molecular flexibility index (Phi) is 3.85. The molecule has 0 amide bonds. The lowest BCUT2D eigenvalue weighted by Gasteiger charge is -2.39. The summed E-state index contributed by atoms with van der Waals surface area (Å²) in [6.45, 7) is 11.5. The molecule has 1 saturated heterocycles. The molecule has 2 heterocycles. The van der Waals surface area contributed by atoms with Crippen LogP contribution in [-0.4, -0.2) is 34.8 Å². The predicted octanol–water partition coefficient (Wildman–Crippen LogP) is 2.06. The molecule has 0 aromatic carbocycles. The zero-order chi connectivity index (χ0) is 14.1. The lowest BCUT2D eigenvalue weighted by atomic mass is 9.82. The van der Waals surface area contributed by atoms with Crippen LogP contribution < -0.4 is 10.6 Å². The molecule has 2 rings (SSSR count). The Hall–Kier alpha value is -1.10. The SMILES string of the molecule is CCC(C)(C)c1nc(N2CCCC(C)(CN)C2)n[nH]1. The number of H-pyrrole nitrogens is 1. The molecule has 3 N–H and O–H groups in total. The van der Waals surface area contributed by atoms with E-state index in [4.69, 9.17) is 10.7 Å². The summed E-state index contributed by atoms with van der Waals surface area (Å²) in [5.41, 5.74) is 6.15. The molecule has 0 radical (unpaired) electrons. The summed E-state index contributed by atoms with van der Waals surface area (Å²) in [7, 11) is 0. The molecule has 1 aliphatic heterocycles. The van der Waals surface area contributed by atoms with Crippen molar-refractivity contribution in [1.82, 2.24) is 15.2 Å². The maximum Gasteiger partial charge on any atom is 0.244 e. The molecule has 5 heteroatoms. The van der Waals surface area contributed by atoms with Crippen molar-refractivity contribution < 1.29 is 0 Å². The summed E-state index contributed by atoms with van der Waals surface area (Å²) in [6, 6.07) is 0. The van der Waals surface area contributed by atoms with E-state index in [9.17, 15) is 0 Å². The topological polar surface area (TPSA) is 70.8 Å². The van der Waals surface area contributed by atoms with Gasteiger partial charge in [-0.05, 0) is 31.2 Å². The first-order valence-corrected chi connectivity index (χ1v) is 7.28. The van der Waals surface area contributed by atoms with Crippen molar-refractivity contribution in [3.05, 3.63) is 5.82 Å². The van der Waals surface area contributed by atoms with E-state index in [0.29, 0.717) is 0 Å². The van der Waals surface area contributed by atoms with Crippen molar-refractivity contribution in [3.8, 4) is 0 Å². The number of rotatable bonds is 4. The normalized spacial score (nSPS) is 24.8. The Morgan fingerprint density at radius 3 is 2.84 bits per heavy atom. The van der Waals surface area contributed by atoms with E-state index < -0.39 is 0 Å². The lowest BCUT2D eigenvalue weighted by Crippen LogP contribution is -2.46. The van der Waals surface area contributed by atoms with Gasteiger partial charge in [-0.1, -0.05) is 27.7 Å². The van der Waals surface area contributed by atoms with E-state index in [-0.39, 0.29) is 10.8 Å². The standard InChI is InChI=1S/C14H27N5/c1-5-13(2,3)11-16-12(18-17-11)19-8-6-7-14(4,9-15)10-19/h5-10,15H2,1-4H3,(H,16,17,18). The van der Waals surface area contributed by atoms with Crippen molar-refractivity contribution in [2.24, 2.45) is 11.1 Å². The number of nitrogens with zero attached hydrogens (tertiary/aromatic N) is 3. The van der Waals surface area contributed by atoms with Gasteiger partial charge in [-0.25, -0.2) is 0 Å². The predicted molar refractivity (Wildman–Crippen MR) is 78.3 cm³/mol. The lowest BCUT2D eigenvalue weighted by molar-refractivity contribution is 0.270. The van der Waals surface area contributed by atoms with Crippen molar-refractivity contribution >= 4 is 5.95 Å². The van der Waals surface area contributed by atoms with Gasteiger partial charge in [-0.15, -0.1) is 5.10 Å². The van der Waals surface area contributed by atoms with Crippen LogP contribution in [-0.2, 0) is 5.41 Å². The smallest absolute Gasteiger partial charge is 0.244 e. The number of piperidine rings is 1. The number of nitrogens with one attached hydrogen (secondary N) is 1. The van der Waals surface area contributed by atoms with Crippen molar-refractivity contribution in [2.75, 3.05) is 24.5 Å². The van der Waals surface area contributed by atoms with E-state index in [1.165, 1.54) is 6.42 Å². The zero-order valence-corrected chi connectivity index (χ0v) is 12.7. The third-order valence-electron chi connectivity index (χ3n) is 4.56. The first-order chi connectivity index (χ1) is 8.90. The molecule has 0 spiro atoms. The summed E-state index contributed by atoms with van der Waals surface area (Å²) in [4.78, 5) is 6.96. The van der Waals surface area contributed by atoms with Gasteiger partial charge in [0, 0.05) is 18.5 Å². The van der Waals surface area contributed by atoms with E-state index in [0.717, 1.165) is 44.2 Å². The molecule has 1 aromatic heterocycles. The Balaban J connectivity index is 2.15. The fraction of sp³-hybridized carbons (Fsp3) is 0.857. The van der Waals surface area contributed by atoms with Crippen LogP contribution in [0.5, 0.6) is 0 Å². The second-order valence-electron chi connectivity index (χ2n) is 6.76. The maximum atomic E-state index is 5.90. The Morgan fingerprint density at radius 1 is 1.47 bits per heavy atom. The summed E-state index contributed by atoms with van der Waals surface area (Å²) >= 11 is 0. The van der Waals surface area contributed by atoms with Gasteiger partial charge in [-0.3, -0.25) is 5.10 Å². The van der Waals surface area contributed by atoms with Gasteiger partial charge in [0.2, 0.25) is 5.95 Å². The molecule has 1 aromatic rings. The zero-order valence-electron chi connectivity index (χ0n) is 12.7. The molecular weight excluding hydrogens is 238 g/mol. The van der Waals surface area contributed by atoms with Crippen LogP contribution in [0.3, 0.4) is 0 Å².